The fourth-order valence-corrected chi connectivity index (χ4v) is 3.72. The van der Waals surface area contributed by atoms with Crippen molar-refractivity contribution in [3.8, 4) is 11.1 Å². The van der Waals surface area contributed by atoms with E-state index in [2.05, 4.69) is 14.8 Å². The molecule has 0 spiro atoms. The monoisotopic (exact) mass is 380 g/mol. The summed E-state index contributed by atoms with van der Waals surface area (Å²) >= 11 is 0. The number of fused-ring (bicyclic) bond motifs is 1. The van der Waals surface area contributed by atoms with E-state index in [9.17, 15) is 9.18 Å². The molecular formula is C21H21FN4O2. The first-order chi connectivity index (χ1) is 13.4. The van der Waals surface area contributed by atoms with Crippen LogP contribution in [0.15, 0.2) is 39.6 Å². The highest BCUT2D eigenvalue weighted by Gasteiger charge is 2.19. The Bertz CT molecular complexity index is 1210. The molecule has 144 valence electrons. The van der Waals surface area contributed by atoms with Crippen molar-refractivity contribution in [2.24, 2.45) is 0 Å². The Morgan fingerprint density at radius 3 is 2.43 bits per heavy atom. The molecule has 28 heavy (non-hydrogen) atoms. The van der Waals surface area contributed by atoms with Crippen molar-refractivity contribution in [3.05, 3.63) is 74.9 Å². The van der Waals surface area contributed by atoms with E-state index in [1.54, 1.807) is 18.2 Å². The molecule has 0 atom stereocenters. The fourth-order valence-electron chi connectivity index (χ4n) is 3.72. The maximum absolute atomic E-state index is 13.4. The van der Waals surface area contributed by atoms with Crippen molar-refractivity contribution < 1.29 is 8.91 Å². The minimum atomic E-state index is -0.301. The number of halogens is 1. The van der Waals surface area contributed by atoms with Gasteiger partial charge in [0.05, 0.1) is 11.4 Å². The van der Waals surface area contributed by atoms with Crippen LogP contribution in [0.4, 0.5) is 4.39 Å². The second-order valence-electron chi connectivity index (χ2n) is 7.03. The number of hydrogen-bond acceptors (Lipinski definition) is 4. The highest BCUT2D eigenvalue weighted by atomic mass is 19.1. The van der Waals surface area contributed by atoms with E-state index in [0.717, 1.165) is 39.5 Å². The van der Waals surface area contributed by atoms with Crippen molar-refractivity contribution in [1.82, 2.24) is 19.3 Å². The summed E-state index contributed by atoms with van der Waals surface area (Å²) in [5, 5.41) is 8.47. The maximum atomic E-state index is 13.4. The number of benzene rings is 1. The van der Waals surface area contributed by atoms with Gasteiger partial charge in [0.25, 0.3) is 5.56 Å². The number of nitrogens with zero attached hydrogens (tertiary/aromatic N) is 4. The molecule has 0 saturated heterocycles. The maximum Gasteiger partial charge on any atom is 0.274 e. The summed E-state index contributed by atoms with van der Waals surface area (Å²) in [5.41, 5.74) is 5.68. The van der Waals surface area contributed by atoms with Gasteiger partial charge in [-0.3, -0.25) is 4.79 Å². The highest BCUT2D eigenvalue weighted by molar-refractivity contribution is 5.80. The van der Waals surface area contributed by atoms with Crippen LogP contribution in [0.3, 0.4) is 0 Å². The Labute approximate surface area is 161 Å². The van der Waals surface area contributed by atoms with E-state index in [-0.39, 0.29) is 11.4 Å². The molecule has 0 amide bonds. The molecule has 0 radical (unpaired) electrons. The molecule has 1 aromatic carbocycles. The first-order valence-electron chi connectivity index (χ1n) is 9.14. The minimum absolute atomic E-state index is 0.183. The molecule has 0 fully saturated rings. The first kappa shape index (κ1) is 18.2. The average molecular weight is 380 g/mol. The van der Waals surface area contributed by atoms with Gasteiger partial charge in [0.1, 0.15) is 17.2 Å². The zero-order valence-electron chi connectivity index (χ0n) is 16.3. The van der Waals surface area contributed by atoms with Crippen molar-refractivity contribution in [1.29, 1.82) is 0 Å². The van der Waals surface area contributed by atoms with Crippen LogP contribution in [0.25, 0.3) is 16.8 Å². The molecule has 3 aromatic heterocycles. The molecular weight excluding hydrogens is 359 g/mol. The van der Waals surface area contributed by atoms with Crippen LogP contribution in [0.2, 0.25) is 0 Å². The lowest BCUT2D eigenvalue weighted by Crippen LogP contribution is -2.21. The zero-order chi connectivity index (χ0) is 20.0. The van der Waals surface area contributed by atoms with Crippen LogP contribution in [-0.4, -0.2) is 19.3 Å². The molecule has 7 heteroatoms. The van der Waals surface area contributed by atoms with Gasteiger partial charge >= 0.3 is 0 Å². The minimum Gasteiger partial charge on any atom is -0.361 e. The third-order valence-corrected chi connectivity index (χ3v) is 5.16. The summed E-state index contributed by atoms with van der Waals surface area (Å²) in [6.07, 6.45) is 0.716. The quantitative estimate of drug-likeness (QED) is 0.541. The number of aromatic nitrogens is 4. The zero-order valence-corrected chi connectivity index (χ0v) is 16.3. The van der Waals surface area contributed by atoms with E-state index in [1.807, 2.05) is 27.7 Å². The van der Waals surface area contributed by atoms with E-state index in [0.29, 0.717) is 18.6 Å². The average Bonchev–Trinajstić information content (AvgIpc) is 3.16. The van der Waals surface area contributed by atoms with E-state index >= 15 is 0 Å². The Balaban J connectivity index is 1.90. The molecule has 0 N–H and O–H groups in total. The lowest BCUT2D eigenvalue weighted by molar-refractivity contribution is 0.392. The highest BCUT2D eigenvalue weighted by Crippen LogP contribution is 2.28. The molecule has 0 aliphatic carbocycles. The van der Waals surface area contributed by atoms with Gasteiger partial charge in [-0.25, -0.2) is 4.39 Å². The third kappa shape index (κ3) is 2.93. The van der Waals surface area contributed by atoms with Gasteiger partial charge in [0.2, 0.25) is 0 Å². The number of aryl methyl sites for hydroxylation is 5. The Hall–Kier alpha value is -3.22. The lowest BCUT2D eigenvalue weighted by atomic mass is 10.1. The number of rotatable bonds is 4. The Morgan fingerprint density at radius 2 is 1.79 bits per heavy atom. The van der Waals surface area contributed by atoms with Crippen LogP contribution < -0.4 is 5.56 Å². The van der Waals surface area contributed by atoms with Crippen LogP contribution in [0.1, 0.15) is 28.4 Å². The topological polar surface area (TPSA) is 65.3 Å². The lowest BCUT2D eigenvalue weighted by Gasteiger charge is -2.14. The fraction of sp³-hybridized carbons (Fsp3) is 0.286. The normalized spacial score (nSPS) is 11.5. The van der Waals surface area contributed by atoms with Crippen LogP contribution in [-0.2, 0) is 13.0 Å². The van der Waals surface area contributed by atoms with Gasteiger partial charge in [-0.1, -0.05) is 17.3 Å². The second-order valence-corrected chi connectivity index (χ2v) is 7.03. The molecule has 0 aliphatic rings. The summed E-state index contributed by atoms with van der Waals surface area (Å²) < 4.78 is 22.2. The van der Waals surface area contributed by atoms with Crippen molar-refractivity contribution >= 4 is 5.65 Å². The predicted molar refractivity (Wildman–Crippen MR) is 104 cm³/mol. The van der Waals surface area contributed by atoms with Crippen molar-refractivity contribution in [2.75, 3.05) is 0 Å². The molecule has 4 rings (SSSR count). The smallest absolute Gasteiger partial charge is 0.274 e. The molecule has 0 saturated carbocycles. The van der Waals surface area contributed by atoms with Crippen LogP contribution >= 0.6 is 0 Å². The molecule has 0 unspecified atom stereocenters. The van der Waals surface area contributed by atoms with E-state index in [1.165, 1.54) is 16.6 Å². The van der Waals surface area contributed by atoms with Crippen LogP contribution in [0, 0.1) is 33.5 Å². The van der Waals surface area contributed by atoms with E-state index in [4.69, 9.17) is 4.52 Å². The SMILES string of the molecule is Cc1noc(C)c1CCn1c(C)cc(=O)n2nc(C)c(-c3ccc(F)cc3)c12. The van der Waals surface area contributed by atoms with Gasteiger partial charge in [-0.05, 0) is 51.8 Å². The van der Waals surface area contributed by atoms with Crippen LogP contribution in [0.5, 0.6) is 0 Å². The summed E-state index contributed by atoms with van der Waals surface area (Å²) in [5.74, 6) is 0.500. The summed E-state index contributed by atoms with van der Waals surface area (Å²) in [4.78, 5) is 12.5. The third-order valence-electron chi connectivity index (χ3n) is 5.16. The largest absolute Gasteiger partial charge is 0.361 e. The number of hydrogen-bond donors (Lipinski definition) is 0. The van der Waals surface area contributed by atoms with Gasteiger partial charge in [0.15, 0.2) is 0 Å². The molecule has 0 aliphatic heterocycles. The molecule has 4 aromatic rings. The molecule has 6 nitrogen and oxygen atoms in total. The molecule has 0 bridgehead atoms. The van der Waals surface area contributed by atoms with Gasteiger partial charge < -0.3 is 9.09 Å². The van der Waals surface area contributed by atoms with Crippen molar-refractivity contribution in [2.45, 2.75) is 40.7 Å². The second kappa shape index (κ2) is 6.74. The molecule has 3 heterocycles. The standard InChI is InChI=1S/C21H21FN4O2/c1-12-11-19(27)26-21(25(12)10-9-18-13(2)24-28-15(18)4)20(14(3)23-26)16-5-7-17(22)8-6-16/h5-8,11H,9-10H2,1-4H3. The van der Waals surface area contributed by atoms with Gasteiger partial charge in [0, 0.05) is 29.4 Å². The summed E-state index contributed by atoms with van der Waals surface area (Å²) in [6, 6.07) is 7.84. The van der Waals surface area contributed by atoms with Gasteiger partial charge in [-0.2, -0.15) is 9.61 Å². The first-order valence-corrected chi connectivity index (χ1v) is 9.14. The Kier molecular flexibility index (Phi) is 4.37. The predicted octanol–water partition coefficient (Wildman–Crippen LogP) is 3.77. The Morgan fingerprint density at radius 1 is 1.07 bits per heavy atom. The van der Waals surface area contributed by atoms with Gasteiger partial charge in [-0.15, -0.1) is 0 Å². The summed E-state index contributed by atoms with van der Waals surface area (Å²) in [6.45, 7) is 8.23. The van der Waals surface area contributed by atoms with E-state index < -0.39 is 0 Å². The van der Waals surface area contributed by atoms with Crippen molar-refractivity contribution in [3.63, 3.8) is 0 Å². The summed E-state index contributed by atoms with van der Waals surface area (Å²) in [7, 11) is 0.